The molecule has 1 aromatic rings. The number of phenols is 1. The molecule has 9 heteroatoms. The summed E-state index contributed by atoms with van der Waals surface area (Å²) < 4.78 is 39.8. The summed E-state index contributed by atoms with van der Waals surface area (Å²) in [5.74, 6) is -0.133. The number of hydrogen-bond acceptors (Lipinski definition) is 3. The summed E-state index contributed by atoms with van der Waals surface area (Å²) >= 11 is 6.44. The molecule has 1 aliphatic heterocycles. The average molecular weight is 469 g/mol. The van der Waals surface area contributed by atoms with E-state index >= 15 is 0 Å². The normalized spacial score (nSPS) is 17.9. The number of benzene rings is 1. The fourth-order valence-electron chi connectivity index (χ4n) is 2.49. The van der Waals surface area contributed by atoms with Gasteiger partial charge in [-0.1, -0.05) is 15.9 Å². The number of nitrogens with one attached hydrogen (secondary N) is 1. The van der Waals surface area contributed by atoms with Crippen LogP contribution in [0.2, 0.25) is 0 Å². The second-order valence-electron chi connectivity index (χ2n) is 4.95. The first-order chi connectivity index (χ1) is 9.78. The number of hydrogen-bond donors (Lipinski definition) is 2. The lowest BCUT2D eigenvalue weighted by Gasteiger charge is -2.36. The zero-order valence-electron chi connectivity index (χ0n) is 11.5. The standard InChI is InChI=1S/C13H15Br2F3N2O.ClH/c14-8-5-9(12(21)10(15)6-8)11(7-13(16,17)18)20-3-1-19-2-4-20;/h5-6,11,19,21H,1-4,7H2;1H/t11-;/m0./s1. The first kappa shape index (κ1) is 20.0. The molecule has 22 heavy (non-hydrogen) atoms. The van der Waals surface area contributed by atoms with Crippen LogP contribution in [0.5, 0.6) is 5.75 Å². The van der Waals surface area contributed by atoms with E-state index in [1.54, 1.807) is 17.0 Å². The van der Waals surface area contributed by atoms with Crippen LogP contribution in [-0.4, -0.2) is 42.4 Å². The van der Waals surface area contributed by atoms with E-state index in [-0.39, 0.29) is 23.7 Å². The average Bonchev–Trinajstić information content (AvgIpc) is 2.40. The molecule has 1 atom stereocenters. The van der Waals surface area contributed by atoms with E-state index in [1.807, 2.05) is 0 Å². The molecular weight excluding hydrogens is 452 g/mol. The highest BCUT2D eigenvalue weighted by atomic mass is 79.9. The van der Waals surface area contributed by atoms with Gasteiger partial charge in [0, 0.05) is 42.3 Å². The molecule has 3 nitrogen and oxygen atoms in total. The Labute approximate surface area is 149 Å². The summed E-state index contributed by atoms with van der Waals surface area (Å²) in [4.78, 5) is 1.76. The smallest absolute Gasteiger partial charge is 0.390 e. The zero-order valence-corrected chi connectivity index (χ0v) is 15.4. The molecule has 1 aromatic carbocycles. The Morgan fingerprint density at radius 2 is 1.82 bits per heavy atom. The third-order valence-corrected chi connectivity index (χ3v) is 4.50. The van der Waals surface area contributed by atoms with Crippen molar-refractivity contribution in [1.29, 1.82) is 0 Å². The van der Waals surface area contributed by atoms with Crippen molar-refractivity contribution in [1.82, 2.24) is 10.2 Å². The van der Waals surface area contributed by atoms with Gasteiger partial charge in [-0.3, -0.25) is 4.90 Å². The molecular formula is C13H16Br2ClF3N2O. The van der Waals surface area contributed by atoms with E-state index in [9.17, 15) is 18.3 Å². The summed E-state index contributed by atoms with van der Waals surface area (Å²) in [6.45, 7) is 2.32. The minimum absolute atomic E-state index is 0. The molecule has 1 fully saturated rings. The van der Waals surface area contributed by atoms with Crippen molar-refractivity contribution < 1.29 is 18.3 Å². The molecule has 1 saturated heterocycles. The van der Waals surface area contributed by atoms with Crippen LogP contribution in [0, 0.1) is 0 Å². The SMILES string of the molecule is Cl.Oc1c(Br)cc(Br)cc1[C@H](CC(F)(F)F)N1CCNCC1. The van der Waals surface area contributed by atoms with Crippen molar-refractivity contribution in [3.05, 3.63) is 26.6 Å². The van der Waals surface area contributed by atoms with Crippen LogP contribution in [0.1, 0.15) is 18.0 Å². The number of aromatic hydroxyl groups is 1. The molecule has 0 aliphatic carbocycles. The van der Waals surface area contributed by atoms with Gasteiger partial charge in [0.15, 0.2) is 0 Å². The second-order valence-corrected chi connectivity index (χ2v) is 6.72. The lowest BCUT2D eigenvalue weighted by atomic mass is 10.00. The van der Waals surface area contributed by atoms with Gasteiger partial charge < -0.3 is 10.4 Å². The van der Waals surface area contributed by atoms with Crippen LogP contribution in [0.3, 0.4) is 0 Å². The maximum absolute atomic E-state index is 12.9. The fourth-order valence-corrected chi connectivity index (χ4v) is 3.75. The minimum Gasteiger partial charge on any atom is -0.506 e. The number of alkyl halides is 3. The summed E-state index contributed by atoms with van der Waals surface area (Å²) in [6.07, 6.45) is -5.28. The molecule has 2 N–H and O–H groups in total. The Morgan fingerprint density at radius 3 is 2.36 bits per heavy atom. The van der Waals surface area contributed by atoms with E-state index in [2.05, 4.69) is 37.2 Å². The molecule has 0 saturated carbocycles. The summed E-state index contributed by atoms with van der Waals surface area (Å²) in [5, 5.41) is 13.3. The highest BCUT2D eigenvalue weighted by molar-refractivity contribution is 9.11. The van der Waals surface area contributed by atoms with Crippen LogP contribution >= 0.6 is 44.3 Å². The summed E-state index contributed by atoms with van der Waals surface area (Å²) in [7, 11) is 0. The number of nitrogens with zero attached hydrogens (tertiary/aromatic N) is 1. The van der Waals surface area contributed by atoms with Gasteiger partial charge in [-0.05, 0) is 28.1 Å². The van der Waals surface area contributed by atoms with Crippen LogP contribution in [0.4, 0.5) is 13.2 Å². The monoisotopic (exact) mass is 466 g/mol. The van der Waals surface area contributed by atoms with Crippen LogP contribution in [0.15, 0.2) is 21.1 Å². The molecule has 126 valence electrons. The molecule has 2 rings (SSSR count). The molecule has 1 heterocycles. The predicted octanol–water partition coefficient (Wildman–Crippen LogP) is 4.24. The fraction of sp³-hybridized carbons (Fsp3) is 0.538. The number of halogens is 6. The van der Waals surface area contributed by atoms with Gasteiger partial charge in [0.25, 0.3) is 0 Å². The first-order valence-electron chi connectivity index (χ1n) is 6.47. The lowest BCUT2D eigenvalue weighted by molar-refractivity contribution is -0.148. The summed E-state index contributed by atoms with van der Waals surface area (Å²) in [5.41, 5.74) is 0.287. The maximum atomic E-state index is 12.9. The molecule has 0 radical (unpaired) electrons. The molecule has 1 aliphatic rings. The molecule has 0 aromatic heterocycles. The van der Waals surface area contributed by atoms with Crippen molar-refractivity contribution in [2.24, 2.45) is 0 Å². The van der Waals surface area contributed by atoms with Crippen molar-refractivity contribution in [3.63, 3.8) is 0 Å². The van der Waals surface area contributed by atoms with Crippen LogP contribution in [0.25, 0.3) is 0 Å². The third-order valence-electron chi connectivity index (χ3n) is 3.43. The van der Waals surface area contributed by atoms with E-state index in [0.717, 1.165) is 0 Å². The van der Waals surface area contributed by atoms with Crippen molar-refractivity contribution in [2.75, 3.05) is 26.2 Å². The Balaban J connectivity index is 0.00000242. The highest BCUT2D eigenvalue weighted by Crippen LogP contribution is 2.42. The second kappa shape index (κ2) is 8.19. The van der Waals surface area contributed by atoms with E-state index in [0.29, 0.717) is 35.1 Å². The van der Waals surface area contributed by atoms with Crippen molar-refractivity contribution in [2.45, 2.75) is 18.6 Å². The van der Waals surface area contributed by atoms with Gasteiger partial charge in [0.2, 0.25) is 0 Å². The van der Waals surface area contributed by atoms with Gasteiger partial charge in [-0.15, -0.1) is 12.4 Å². The quantitative estimate of drug-likeness (QED) is 0.697. The van der Waals surface area contributed by atoms with Gasteiger partial charge in [-0.2, -0.15) is 13.2 Å². The molecule has 0 unspecified atom stereocenters. The first-order valence-corrected chi connectivity index (χ1v) is 8.06. The molecule has 0 spiro atoms. The zero-order chi connectivity index (χ0) is 15.6. The third kappa shape index (κ3) is 5.26. The Kier molecular flexibility index (Phi) is 7.45. The maximum Gasteiger partial charge on any atom is 0.390 e. The van der Waals surface area contributed by atoms with Crippen LogP contribution < -0.4 is 5.32 Å². The van der Waals surface area contributed by atoms with Crippen LogP contribution in [-0.2, 0) is 0 Å². The van der Waals surface area contributed by atoms with Crippen molar-refractivity contribution >= 4 is 44.3 Å². The van der Waals surface area contributed by atoms with Gasteiger partial charge in [0.05, 0.1) is 10.9 Å². The number of phenolic OH excluding ortho intramolecular Hbond substituents is 1. The number of rotatable bonds is 3. The Bertz CT molecular complexity index is 511. The van der Waals surface area contributed by atoms with Gasteiger partial charge >= 0.3 is 6.18 Å². The van der Waals surface area contributed by atoms with Gasteiger partial charge in [0.1, 0.15) is 5.75 Å². The topological polar surface area (TPSA) is 35.5 Å². The lowest BCUT2D eigenvalue weighted by Crippen LogP contribution is -2.46. The highest BCUT2D eigenvalue weighted by Gasteiger charge is 2.37. The van der Waals surface area contributed by atoms with Crippen molar-refractivity contribution in [3.8, 4) is 5.75 Å². The molecule has 0 amide bonds. The van der Waals surface area contributed by atoms with E-state index in [4.69, 9.17) is 0 Å². The predicted molar refractivity (Wildman–Crippen MR) is 88.6 cm³/mol. The largest absolute Gasteiger partial charge is 0.506 e. The van der Waals surface area contributed by atoms with E-state index < -0.39 is 18.6 Å². The summed E-state index contributed by atoms with van der Waals surface area (Å²) in [6, 6.07) is 2.28. The Hall–Kier alpha value is -0.0200. The minimum atomic E-state index is -4.29. The Morgan fingerprint density at radius 1 is 1.23 bits per heavy atom. The number of piperazine rings is 1. The molecule has 0 bridgehead atoms. The van der Waals surface area contributed by atoms with E-state index in [1.165, 1.54) is 0 Å². The van der Waals surface area contributed by atoms with Gasteiger partial charge in [-0.25, -0.2) is 0 Å².